The van der Waals surface area contributed by atoms with Crippen molar-refractivity contribution in [3.05, 3.63) is 220 Å². The van der Waals surface area contributed by atoms with Crippen LogP contribution >= 0.6 is 0 Å². The molecule has 1 aliphatic heterocycles. The predicted octanol–water partition coefficient (Wildman–Crippen LogP) is 23.2. The summed E-state index contributed by atoms with van der Waals surface area (Å²) >= 11 is 0. The van der Waals surface area contributed by atoms with E-state index in [-0.39, 0.29) is 66.3 Å². The van der Waals surface area contributed by atoms with Gasteiger partial charge in [0.05, 0.1) is 5.56 Å². The number of fused-ring (bicyclic) bond motifs is 4. The van der Waals surface area contributed by atoms with Crippen LogP contribution in [0.5, 0.6) is 11.5 Å². The molecule has 11 rings (SSSR count). The molecule has 5 nitrogen and oxygen atoms in total. The summed E-state index contributed by atoms with van der Waals surface area (Å²) in [5.74, 6) is -8.09. The summed E-state index contributed by atoms with van der Waals surface area (Å²) in [5.41, 5.74) is 11.5. The molecule has 3 heterocycles. The molecule has 0 unspecified atom stereocenters. The molecule has 10 aromatic rings. The van der Waals surface area contributed by atoms with E-state index in [4.69, 9.17) is 9.72 Å². The van der Waals surface area contributed by atoms with E-state index in [2.05, 4.69) is 187 Å². The Hall–Kier alpha value is -7.55. The third kappa shape index (κ3) is 12.0. The second-order valence-corrected chi connectivity index (χ2v) is 29.1. The van der Waals surface area contributed by atoms with Gasteiger partial charge in [0, 0.05) is 72.5 Å². The Morgan fingerprint density at radius 3 is 1.57 bits per heavy atom. The number of rotatable bonds is 11. The molecule has 1 aliphatic rings. The maximum absolute atomic E-state index is 17.0. The Morgan fingerprint density at radius 2 is 1.00 bits per heavy atom. The van der Waals surface area contributed by atoms with E-state index in [0.717, 1.165) is 55.4 Å². The summed E-state index contributed by atoms with van der Waals surface area (Å²) in [5, 5.41) is 2.02. The largest absolute Gasteiger partial charge is 0.509 e. The Morgan fingerprint density at radius 1 is 0.467 bits per heavy atom. The standard InChI is InChI=1S/C79H80F5N4O.Pt/c1-44(2)47-35-59(45(3)4)68(60(36-47)46(5)6)49-33-54(41-56(34-49)89-55-27-28-58-57-23-19-20-24-63(57)88(66(58)42-55)67-40-50(29-30-85-67)76(7,8)9)86-43-87(65-26-22-21-25-64(65)86)75-61(48-31-51(77(10,11)12)37-52(32-48)78(13,14)15)38-53(79(16,17)18)39-62(75)69-70(80)72(82)74(84)73(83)71(69)81;/h19-40,43-46H,1-18H3;/q-3;. The minimum atomic E-state index is -2.23. The minimum absolute atomic E-state index is 0. The number of pyridine rings is 1. The first kappa shape index (κ1) is 65.4. The van der Waals surface area contributed by atoms with Gasteiger partial charge in [0.2, 0.25) is 5.82 Å². The van der Waals surface area contributed by atoms with Crippen LogP contribution in [0.15, 0.2) is 134 Å². The monoisotopic (exact) mass is 1390 g/mol. The van der Waals surface area contributed by atoms with Gasteiger partial charge in [-0.25, -0.2) is 26.9 Å². The Balaban J connectivity index is 0.00000891. The molecule has 0 aliphatic carbocycles. The first-order chi connectivity index (χ1) is 41.7. The van der Waals surface area contributed by atoms with E-state index in [1.165, 1.54) is 16.7 Å². The zero-order chi connectivity index (χ0) is 64.3. The van der Waals surface area contributed by atoms with E-state index in [1.54, 1.807) is 6.07 Å². The number of para-hydroxylation sites is 3. The van der Waals surface area contributed by atoms with Gasteiger partial charge in [-0.3, -0.25) is 0 Å². The molecule has 0 radical (unpaired) electrons. The van der Waals surface area contributed by atoms with Crippen LogP contribution in [-0.2, 0) is 42.7 Å². The first-order valence-electron chi connectivity index (χ1n) is 31.0. The number of anilines is 4. The van der Waals surface area contributed by atoms with Gasteiger partial charge in [-0.1, -0.05) is 191 Å². The van der Waals surface area contributed by atoms with Gasteiger partial charge in [-0.15, -0.1) is 53.6 Å². The molecule has 0 N–H and O–H groups in total. The predicted molar refractivity (Wildman–Crippen MR) is 357 cm³/mol. The molecule has 0 fully saturated rings. The van der Waals surface area contributed by atoms with Crippen LogP contribution in [0, 0.1) is 47.9 Å². The molecule has 2 aromatic heterocycles. The number of nitrogens with zero attached hydrogens (tertiary/aromatic N) is 4. The van der Waals surface area contributed by atoms with Crippen molar-refractivity contribution in [2.24, 2.45) is 0 Å². The van der Waals surface area contributed by atoms with Gasteiger partial charge >= 0.3 is 0 Å². The number of benzene rings is 8. The van der Waals surface area contributed by atoms with Crippen molar-refractivity contribution < 1.29 is 47.8 Å². The summed E-state index contributed by atoms with van der Waals surface area (Å²) in [7, 11) is 0. The molecule has 470 valence electrons. The number of aromatic nitrogens is 2. The number of hydrogen-bond donors (Lipinski definition) is 0. The van der Waals surface area contributed by atoms with Gasteiger partial charge in [-0.2, -0.15) is 6.07 Å². The molecule has 11 heteroatoms. The van der Waals surface area contributed by atoms with Crippen molar-refractivity contribution in [3.8, 4) is 50.7 Å². The molecule has 0 saturated heterocycles. The fourth-order valence-corrected chi connectivity index (χ4v) is 12.2. The zero-order valence-electron chi connectivity index (χ0n) is 54.9. The third-order valence-corrected chi connectivity index (χ3v) is 17.4. The van der Waals surface area contributed by atoms with Crippen LogP contribution in [0.2, 0.25) is 0 Å². The molecule has 0 saturated carbocycles. The number of halogens is 5. The maximum atomic E-state index is 17.0. The van der Waals surface area contributed by atoms with Gasteiger partial charge < -0.3 is 19.1 Å². The summed E-state index contributed by atoms with van der Waals surface area (Å²) in [6, 6.07) is 50.1. The van der Waals surface area contributed by atoms with Gasteiger partial charge in [0.1, 0.15) is 5.82 Å². The molecule has 0 spiro atoms. The van der Waals surface area contributed by atoms with Crippen molar-refractivity contribution in [3.63, 3.8) is 0 Å². The van der Waals surface area contributed by atoms with Gasteiger partial charge in [0.25, 0.3) is 0 Å². The topological polar surface area (TPSA) is 33.5 Å². The van der Waals surface area contributed by atoms with Crippen LogP contribution in [0.4, 0.5) is 44.7 Å². The van der Waals surface area contributed by atoms with Crippen molar-refractivity contribution >= 4 is 44.6 Å². The summed E-state index contributed by atoms with van der Waals surface area (Å²) in [4.78, 5) is 8.71. The molecule has 90 heavy (non-hydrogen) atoms. The average Bonchev–Trinajstić information content (AvgIpc) is 1.38. The second kappa shape index (κ2) is 23.9. The third-order valence-electron chi connectivity index (χ3n) is 17.4. The average molecular weight is 1390 g/mol. The Labute approximate surface area is 543 Å². The molecule has 0 atom stereocenters. The van der Waals surface area contributed by atoms with Crippen LogP contribution in [-0.4, -0.2) is 9.55 Å². The first-order valence-corrected chi connectivity index (χ1v) is 31.0. The van der Waals surface area contributed by atoms with E-state index < -0.39 is 40.1 Å². The van der Waals surface area contributed by atoms with E-state index in [1.807, 2.05) is 98.0 Å². The normalized spacial score (nSPS) is 13.2. The van der Waals surface area contributed by atoms with Crippen molar-refractivity contribution in [1.82, 2.24) is 9.55 Å². The van der Waals surface area contributed by atoms with Crippen LogP contribution < -0.4 is 14.5 Å². The van der Waals surface area contributed by atoms with Crippen LogP contribution in [0.25, 0.3) is 61.0 Å². The quantitative estimate of drug-likeness (QED) is 0.0559. The number of hydrogen-bond acceptors (Lipinski definition) is 4. The van der Waals surface area contributed by atoms with Crippen molar-refractivity contribution in [1.29, 1.82) is 0 Å². The molecule has 8 aromatic carbocycles. The van der Waals surface area contributed by atoms with Crippen LogP contribution in [0.1, 0.15) is 181 Å². The smallest absolute Gasteiger partial charge is 0.200 e. The van der Waals surface area contributed by atoms with Crippen molar-refractivity contribution in [2.45, 2.75) is 164 Å². The van der Waals surface area contributed by atoms with Gasteiger partial charge in [0.15, 0.2) is 23.3 Å². The Kier molecular flexibility index (Phi) is 17.4. The van der Waals surface area contributed by atoms with Gasteiger partial charge in [-0.05, 0) is 137 Å². The summed E-state index contributed by atoms with van der Waals surface area (Å²) in [6.45, 7) is 40.3. The van der Waals surface area contributed by atoms with Crippen molar-refractivity contribution in [2.75, 3.05) is 9.80 Å². The van der Waals surface area contributed by atoms with Crippen LogP contribution in [0.3, 0.4) is 0 Å². The fraction of sp³-hybridized carbons (Fsp3) is 0.316. The minimum Gasteiger partial charge on any atom is -0.509 e. The summed E-state index contributed by atoms with van der Waals surface area (Å²) in [6.07, 6.45) is 1.85. The van der Waals surface area contributed by atoms with E-state index in [9.17, 15) is 0 Å². The maximum Gasteiger partial charge on any atom is 0.200 e. The molecular formula is C79H80F5N4OPt-3. The summed E-state index contributed by atoms with van der Waals surface area (Å²) < 4.78 is 90.3. The Bertz CT molecular complexity index is 4340. The zero-order valence-corrected chi connectivity index (χ0v) is 57.2. The SMILES string of the molecule is CC(C)c1cc(C(C)C)c(-c2cc(Oc3[c-]c4c(cc3)c3ccccc3n4-c3cc(C(C)(C)C)ccn3)[c-]c(N3[CH-]N(c4c(-c5cc(C(C)(C)C)cc(C(C)(C)C)c5)cc(C(C)(C)C)cc4-c4c(F)c(F)c(F)c(F)c4F)c4ccccc43)c2)c(C(C)C)c1.[Pt]. The molecule has 0 bridgehead atoms. The second-order valence-electron chi connectivity index (χ2n) is 29.1. The van der Waals surface area contributed by atoms with E-state index >= 15 is 22.0 Å². The molecule has 0 amide bonds. The fourth-order valence-electron chi connectivity index (χ4n) is 12.2. The van der Waals surface area contributed by atoms with E-state index in [0.29, 0.717) is 45.3 Å². The molecular weight excluding hydrogens is 1310 g/mol. The number of ether oxygens (including phenoxy) is 1.